The molecule has 0 radical (unpaired) electrons. The average Bonchev–Trinajstić information content (AvgIpc) is 2.77. The molecule has 1 aromatic carbocycles. The van der Waals surface area contributed by atoms with Gasteiger partial charge in [-0.1, -0.05) is 18.2 Å². The lowest BCUT2D eigenvalue weighted by molar-refractivity contribution is -0.385. The lowest BCUT2D eigenvalue weighted by atomic mass is 10.1. The van der Waals surface area contributed by atoms with Crippen LogP contribution in [0.25, 0.3) is 0 Å². The second-order valence-electron chi connectivity index (χ2n) is 4.33. The zero-order valence-electron chi connectivity index (χ0n) is 9.58. The van der Waals surface area contributed by atoms with Crippen LogP contribution in [0.4, 0.5) is 5.69 Å². The third-order valence-electron chi connectivity index (χ3n) is 3.27. The van der Waals surface area contributed by atoms with E-state index in [0.29, 0.717) is 6.54 Å². The first-order chi connectivity index (χ1) is 8.22. The van der Waals surface area contributed by atoms with Gasteiger partial charge in [0.1, 0.15) is 0 Å². The van der Waals surface area contributed by atoms with Crippen LogP contribution in [0.3, 0.4) is 0 Å². The summed E-state index contributed by atoms with van der Waals surface area (Å²) in [4.78, 5) is 12.6. The van der Waals surface area contributed by atoms with E-state index in [1.165, 1.54) is 6.07 Å². The summed E-state index contributed by atoms with van der Waals surface area (Å²) in [5.41, 5.74) is 0.883. The van der Waals surface area contributed by atoms with Crippen LogP contribution in [0.1, 0.15) is 18.4 Å². The molecular weight excluding hydrogens is 220 g/mol. The number of benzene rings is 1. The summed E-state index contributed by atoms with van der Waals surface area (Å²) in [6.07, 6.45) is 2.02. The first kappa shape index (κ1) is 12.0. The molecule has 1 N–H and O–H groups in total. The maximum absolute atomic E-state index is 10.9. The van der Waals surface area contributed by atoms with Crippen LogP contribution in [0.15, 0.2) is 24.3 Å². The number of aliphatic hydroxyl groups is 1. The van der Waals surface area contributed by atoms with Gasteiger partial charge in [-0.25, -0.2) is 0 Å². The van der Waals surface area contributed by atoms with Crippen molar-refractivity contribution in [3.8, 4) is 0 Å². The molecule has 0 saturated carbocycles. The molecule has 0 aromatic heterocycles. The van der Waals surface area contributed by atoms with E-state index < -0.39 is 0 Å². The number of aliphatic hydroxyl groups excluding tert-OH is 1. The Balaban J connectivity index is 2.15. The van der Waals surface area contributed by atoms with Crippen molar-refractivity contribution >= 4 is 5.69 Å². The Hall–Kier alpha value is -1.46. The van der Waals surface area contributed by atoms with Crippen LogP contribution in [0.2, 0.25) is 0 Å². The minimum absolute atomic E-state index is 0.126. The van der Waals surface area contributed by atoms with E-state index in [1.54, 1.807) is 12.1 Å². The van der Waals surface area contributed by atoms with Crippen LogP contribution in [-0.2, 0) is 6.54 Å². The normalized spacial score (nSPS) is 20.6. The Morgan fingerprint density at radius 2 is 2.24 bits per heavy atom. The number of likely N-dealkylation sites (tertiary alicyclic amines) is 1. The number of nitro benzene ring substituents is 1. The van der Waals surface area contributed by atoms with Crippen molar-refractivity contribution in [1.82, 2.24) is 4.90 Å². The molecule has 1 fully saturated rings. The highest BCUT2D eigenvalue weighted by molar-refractivity contribution is 5.39. The van der Waals surface area contributed by atoms with Crippen molar-refractivity contribution in [3.63, 3.8) is 0 Å². The van der Waals surface area contributed by atoms with E-state index in [1.807, 2.05) is 6.07 Å². The fraction of sp³-hybridized carbons (Fsp3) is 0.500. The Bertz CT molecular complexity index is 408. The first-order valence-electron chi connectivity index (χ1n) is 5.79. The minimum Gasteiger partial charge on any atom is -0.395 e. The molecule has 0 unspecified atom stereocenters. The van der Waals surface area contributed by atoms with Crippen LogP contribution in [0, 0.1) is 10.1 Å². The largest absolute Gasteiger partial charge is 0.395 e. The summed E-state index contributed by atoms with van der Waals surface area (Å²) in [6, 6.07) is 6.95. The molecule has 5 heteroatoms. The molecule has 1 aliphatic rings. The van der Waals surface area contributed by atoms with Gasteiger partial charge in [-0.05, 0) is 19.4 Å². The van der Waals surface area contributed by atoms with Crippen molar-refractivity contribution in [2.75, 3.05) is 13.2 Å². The number of rotatable bonds is 4. The second-order valence-corrected chi connectivity index (χ2v) is 4.33. The van der Waals surface area contributed by atoms with E-state index in [9.17, 15) is 15.2 Å². The summed E-state index contributed by atoms with van der Waals surface area (Å²) in [7, 11) is 0. The Kier molecular flexibility index (Phi) is 3.71. The van der Waals surface area contributed by atoms with E-state index in [2.05, 4.69) is 4.90 Å². The van der Waals surface area contributed by atoms with E-state index in [-0.39, 0.29) is 23.3 Å². The van der Waals surface area contributed by atoms with Gasteiger partial charge < -0.3 is 5.11 Å². The van der Waals surface area contributed by atoms with Gasteiger partial charge in [0, 0.05) is 24.2 Å². The van der Waals surface area contributed by atoms with Crippen LogP contribution in [-0.4, -0.2) is 34.1 Å². The summed E-state index contributed by atoms with van der Waals surface area (Å²) < 4.78 is 0. The van der Waals surface area contributed by atoms with Gasteiger partial charge in [-0.2, -0.15) is 0 Å². The maximum atomic E-state index is 10.9. The van der Waals surface area contributed by atoms with Crippen molar-refractivity contribution in [2.24, 2.45) is 0 Å². The van der Waals surface area contributed by atoms with Gasteiger partial charge in [-0.3, -0.25) is 15.0 Å². The predicted octanol–water partition coefficient (Wildman–Crippen LogP) is 1.55. The number of nitrogens with zero attached hydrogens (tertiary/aromatic N) is 2. The molecule has 2 rings (SSSR count). The average molecular weight is 236 g/mol. The van der Waals surface area contributed by atoms with Crippen LogP contribution in [0.5, 0.6) is 0 Å². The minimum atomic E-state index is -0.348. The zero-order valence-corrected chi connectivity index (χ0v) is 9.58. The van der Waals surface area contributed by atoms with Gasteiger partial charge in [-0.15, -0.1) is 0 Å². The Labute approximate surface area is 99.8 Å². The Morgan fingerprint density at radius 1 is 1.47 bits per heavy atom. The van der Waals surface area contributed by atoms with Crippen molar-refractivity contribution < 1.29 is 10.0 Å². The third kappa shape index (κ3) is 2.62. The molecule has 0 amide bonds. The molecule has 1 saturated heterocycles. The number of hydrogen-bond donors (Lipinski definition) is 1. The molecule has 0 bridgehead atoms. The van der Waals surface area contributed by atoms with Gasteiger partial charge in [0.25, 0.3) is 5.69 Å². The van der Waals surface area contributed by atoms with Crippen molar-refractivity contribution in [3.05, 3.63) is 39.9 Å². The summed E-state index contributed by atoms with van der Waals surface area (Å²) in [5, 5.41) is 20.1. The number of hydrogen-bond acceptors (Lipinski definition) is 4. The van der Waals surface area contributed by atoms with E-state index in [0.717, 1.165) is 24.9 Å². The second kappa shape index (κ2) is 5.25. The van der Waals surface area contributed by atoms with Gasteiger partial charge in [0.2, 0.25) is 0 Å². The smallest absolute Gasteiger partial charge is 0.273 e. The molecule has 1 heterocycles. The van der Waals surface area contributed by atoms with Gasteiger partial charge >= 0.3 is 0 Å². The van der Waals surface area contributed by atoms with Crippen LogP contribution >= 0.6 is 0 Å². The summed E-state index contributed by atoms with van der Waals surface area (Å²) in [5.74, 6) is 0. The first-order valence-corrected chi connectivity index (χ1v) is 5.79. The maximum Gasteiger partial charge on any atom is 0.273 e. The molecule has 0 spiro atoms. The molecular formula is C12H16N2O3. The molecule has 17 heavy (non-hydrogen) atoms. The molecule has 1 atom stereocenters. The molecule has 1 aliphatic heterocycles. The molecule has 0 aliphatic carbocycles. The van der Waals surface area contributed by atoms with E-state index >= 15 is 0 Å². The highest BCUT2D eigenvalue weighted by atomic mass is 16.6. The topological polar surface area (TPSA) is 66.6 Å². The van der Waals surface area contributed by atoms with Crippen molar-refractivity contribution in [2.45, 2.75) is 25.4 Å². The van der Waals surface area contributed by atoms with Crippen LogP contribution < -0.4 is 0 Å². The zero-order chi connectivity index (χ0) is 12.3. The quantitative estimate of drug-likeness (QED) is 0.636. The highest BCUT2D eigenvalue weighted by Gasteiger charge is 2.25. The van der Waals surface area contributed by atoms with Gasteiger partial charge in [0.05, 0.1) is 11.5 Å². The fourth-order valence-electron chi connectivity index (χ4n) is 2.35. The van der Waals surface area contributed by atoms with Gasteiger partial charge in [0.15, 0.2) is 0 Å². The Morgan fingerprint density at radius 3 is 2.94 bits per heavy atom. The molecule has 92 valence electrons. The van der Waals surface area contributed by atoms with E-state index in [4.69, 9.17) is 0 Å². The highest BCUT2D eigenvalue weighted by Crippen LogP contribution is 2.24. The standard InChI is InChI=1S/C12H16N2O3/c15-9-11-5-3-7-13(11)8-10-4-1-2-6-12(10)14(16)17/h1-2,4,6,11,15H,3,5,7-9H2/t11-/m0/s1. The lowest BCUT2D eigenvalue weighted by Gasteiger charge is -2.22. The number of para-hydroxylation sites is 1. The third-order valence-corrected chi connectivity index (χ3v) is 3.27. The number of nitro groups is 1. The SMILES string of the molecule is O=[N+]([O-])c1ccccc1CN1CCC[C@H]1CO. The molecule has 1 aromatic rings. The predicted molar refractivity (Wildman–Crippen MR) is 63.6 cm³/mol. The summed E-state index contributed by atoms with van der Waals surface area (Å²) in [6.45, 7) is 1.57. The fourth-order valence-corrected chi connectivity index (χ4v) is 2.35. The summed E-state index contributed by atoms with van der Waals surface area (Å²) >= 11 is 0. The monoisotopic (exact) mass is 236 g/mol. The molecule has 5 nitrogen and oxygen atoms in total. The van der Waals surface area contributed by atoms with Crippen molar-refractivity contribution in [1.29, 1.82) is 0 Å². The lowest BCUT2D eigenvalue weighted by Crippen LogP contribution is -2.31.